The van der Waals surface area contributed by atoms with Gasteiger partial charge < -0.3 is 15.0 Å². The number of hydrogen-bond donors (Lipinski definition) is 1. The van der Waals surface area contributed by atoms with Crippen molar-refractivity contribution in [1.82, 2.24) is 10.2 Å². The molecule has 0 fully saturated rings. The Morgan fingerprint density at radius 2 is 1.51 bits per heavy atom. The molecule has 0 aliphatic carbocycles. The molecule has 0 aliphatic rings. The molecule has 4 aromatic carbocycles. The van der Waals surface area contributed by atoms with Gasteiger partial charge in [-0.05, 0) is 85.3 Å². The zero-order valence-corrected chi connectivity index (χ0v) is 31.1. The van der Waals surface area contributed by atoms with Crippen molar-refractivity contribution in [3.63, 3.8) is 0 Å². The van der Waals surface area contributed by atoms with Crippen molar-refractivity contribution in [2.75, 3.05) is 30.3 Å². The first-order chi connectivity index (χ1) is 23.4. The van der Waals surface area contributed by atoms with Gasteiger partial charge in [-0.1, -0.05) is 73.4 Å². The molecule has 2 amide bonds. The highest BCUT2D eigenvalue weighted by Crippen LogP contribution is 2.30. The van der Waals surface area contributed by atoms with Crippen LogP contribution in [0.1, 0.15) is 31.9 Å². The van der Waals surface area contributed by atoms with Crippen LogP contribution in [0.3, 0.4) is 0 Å². The minimum absolute atomic E-state index is 0.0168. The number of carbonyl (C=O) groups is 2. The fraction of sp³-hybridized carbons (Fsp3) is 0.297. The molecule has 260 valence electrons. The summed E-state index contributed by atoms with van der Waals surface area (Å²) in [6.45, 7) is 5.88. The number of anilines is 1. The normalized spacial score (nSPS) is 12.0. The molecular weight excluding hydrogens is 701 g/mol. The summed E-state index contributed by atoms with van der Waals surface area (Å²) in [6.07, 6.45) is 2.07. The van der Waals surface area contributed by atoms with E-state index in [1.807, 2.05) is 57.4 Å². The molecule has 0 spiro atoms. The van der Waals surface area contributed by atoms with Crippen LogP contribution in [0.15, 0.2) is 107 Å². The molecule has 0 saturated heterocycles. The predicted octanol–water partition coefficient (Wildman–Crippen LogP) is 7.72. The van der Waals surface area contributed by atoms with Crippen LogP contribution in [0, 0.1) is 5.92 Å². The lowest BCUT2D eigenvalue weighted by atomic mass is 10.0. The van der Waals surface area contributed by atoms with Gasteiger partial charge >= 0.3 is 0 Å². The minimum atomic E-state index is -4.27. The van der Waals surface area contributed by atoms with Crippen LogP contribution in [0.5, 0.6) is 5.75 Å². The second kappa shape index (κ2) is 17.8. The van der Waals surface area contributed by atoms with Gasteiger partial charge in [0.2, 0.25) is 11.8 Å². The van der Waals surface area contributed by atoms with E-state index >= 15 is 0 Å². The molecule has 1 atom stereocenters. The van der Waals surface area contributed by atoms with Gasteiger partial charge in [0.05, 0.1) is 17.2 Å². The maximum absolute atomic E-state index is 14.7. The molecule has 0 aliphatic heterocycles. The van der Waals surface area contributed by atoms with Gasteiger partial charge in [0.15, 0.2) is 0 Å². The first-order valence-corrected chi connectivity index (χ1v) is 19.3. The highest BCUT2D eigenvalue weighted by Gasteiger charge is 2.35. The fourth-order valence-electron chi connectivity index (χ4n) is 5.11. The predicted molar refractivity (Wildman–Crippen MR) is 199 cm³/mol. The van der Waals surface area contributed by atoms with Crippen molar-refractivity contribution in [2.45, 2.75) is 49.6 Å². The van der Waals surface area contributed by atoms with Crippen LogP contribution in [0.4, 0.5) is 5.69 Å². The highest BCUT2D eigenvalue weighted by molar-refractivity contribution is 7.98. The van der Waals surface area contributed by atoms with Gasteiger partial charge in [0.25, 0.3) is 10.0 Å². The summed E-state index contributed by atoms with van der Waals surface area (Å²) in [5, 5.41) is 3.61. The number of rotatable bonds is 16. The Balaban J connectivity index is 1.83. The zero-order chi connectivity index (χ0) is 35.6. The average molecular weight is 743 g/mol. The molecule has 49 heavy (non-hydrogen) atoms. The van der Waals surface area contributed by atoms with E-state index in [-0.39, 0.29) is 35.4 Å². The first-order valence-electron chi connectivity index (χ1n) is 15.9. The topological polar surface area (TPSA) is 96.0 Å². The molecule has 0 bridgehead atoms. The second-order valence-corrected chi connectivity index (χ2v) is 15.2. The van der Waals surface area contributed by atoms with E-state index in [2.05, 4.69) is 5.32 Å². The summed E-state index contributed by atoms with van der Waals surface area (Å²) in [6, 6.07) is 26.3. The van der Waals surface area contributed by atoms with E-state index in [0.717, 1.165) is 14.8 Å². The summed E-state index contributed by atoms with van der Waals surface area (Å²) in [5.41, 5.74) is 1.52. The fourth-order valence-corrected chi connectivity index (χ4v) is 7.45. The van der Waals surface area contributed by atoms with Crippen LogP contribution < -0.4 is 14.4 Å². The summed E-state index contributed by atoms with van der Waals surface area (Å²) in [5.74, 6) is -0.285. The van der Waals surface area contributed by atoms with Gasteiger partial charge in [-0.3, -0.25) is 13.9 Å². The Morgan fingerprint density at radius 1 is 0.878 bits per heavy atom. The summed E-state index contributed by atoms with van der Waals surface area (Å²) in [4.78, 5) is 31.0. The van der Waals surface area contributed by atoms with Crippen LogP contribution in [0.2, 0.25) is 10.0 Å². The molecule has 0 radical (unpaired) electrons. The second-order valence-electron chi connectivity index (χ2n) is 11.7. The number of hydrogen-bond acceptors (Lipinski definition) is 6. The van der Waals surface area contributed by atoms with Crippen LogP contribution in [0.25, 0.3) is 0 Å². The summed E-state index contributed by atoms with van der Waals surface area (Å²) in [7, 11) is -4.27. The standard InChI is InChI=1S/C37H41Cl2N3O5S2/c1-5-47-29-16-14-28(15-17-29)42(49(45,46)31-20-18-30(48-4)19-21-31)25-36(43)41(24-32-33(38)12-9-13-34(32)39)35(37(44)40-23-26(2)3)22-27-10-7-6-8-11-27/h6-21,26,35H,5,22-25H2,1-4H3,(H,40,44). The maximum atomic E-state index is 14.7. The monoisotopic (exact) mass is 741 g/mol. The molecule has 0 heterocycles. The van der Waals surface area contributed by atoms with Crippen molar-refractivity contribution in [3.8, 4) is 5.75 Å². The quantitative estimate of drug-likeness (QED) is 0.118. The Kier molecular flexibility index (Phi) is 13.8. The number of carbonyl (C=O) groups excluding carboxylic acids is 2. The Bertz CT molecular complexity index is 1790. The number of nitrogens with zero attached hydrogens (tertiary/aromatic N) is 2. The molecule has 8 nitrogen and oxygen atoms in total. The number of ether oxygens (including phenoxy) is 1. The van der Waals surface area contributed by atoms with Gasteiger partial charge in [-0.2, -0.15) is 0 Å². The zero-order valence-electron chi connectivity index (χ0n) is 27.9. The molecule has 1 unspecified atom stereocenters. The van der Waals surface area contributed by atoms with Crippen molar-refractivity contribution in [1.29, 1.82) is 0 Å². The van der Waals surface area contributed by atoms with E-state index in [4.69, 9.17) is 27.9 Å². The first kappa shape index (κ1) is 38.1. The number of halogens is 2. The van der Waals surface area contributed by atoms with Gasteiger partial charge in [-0.15, -0.1) is 11.8 Å². The SMILES string of the molecule is CCOc1ccc(N(CC(=O)N(Cc2c(Cl)cccc2Cl)C(Cc2ccccc2)C(=O)NCC(C)C)S(=O)(=O)c2ccc(SC)cc2)cc1. The molecule has 4 aromatic rings. The van der Waals surface area contributed by atoms with Crippen LogP contribution in [-0.2, 0) is 32.6 Å². The van der Waals surface area contributed by atoms with Crippen molar-refractivity contribution in [3.05, 3.63) is 118 Å². The minimum Gasteiger partial charge on any atom is -0.494 e. The smallest absolute Gasteiger partial charge is 0.264 e. The Labute approximate surface area is 303 Å². The Hall–Kier alpha value is -3.70. The van der Waals surface area contributed by atoms with Crippen LogP contribution >= 0.6 is 35.0 Å². The molecule has 12 heteroatoms. The van der Waals surface area contributed by atoms with E-state index in [1.54, 1.807) is 54.6 Å². The third-order valence-corrected chi connectivity index (χ3v) is 10.9. The summed E-state index contributed by atoms with van der Waals surface area (Å²) >= 11 is 14.7. The molecule has 1 N–H and O–H groups in total. The lowest BCUT2D eigenvalue weighted by molar-refractivity contribution is -0.140. The van der Waals surface area contributed by atoms with Crippen molar-refractivity contribution in [2.24, 2.45) is 5.92 Å². The van der Waals surface area contributed by atoms with Gasteiger partial charge in [0, 0.05) is 40.0 Å². The van der Waals surface area contributed by atoms with E-state index < -0.39 is 28.5 Å². The molecule has 0 aromatic heterocycles. The van der Waals surface area contributed by atoms with Gasteiger partial charge in [0.1, 0.15) is 18.3 Å². The third kappa shape index (κ3) is 10.2. The number of nitrogens with one attached hydrogen (secondary N) is 1. The van der Waals surface area contributed by atoms with E-state index in [1.165, 1.54) is 28.8 Å². The average Bonchev–Trinajstić information content (AvgIpc) is 3.09. The molecular formula is C37H41Cl2N3O5S2. The maximum Gasteiger partial charge on any atom is 0.264 e. The lowest BCUT2D eigenvalue weighted by Crippen LogP contribution is -2.53. The van der Waals surface area contributed by atoms with E-state index in [9.17, 15) is 18.0 Å². The molecule has 0 saturated carbocycles. The van der Waals surface area contributed by atoms with E-state index in [0.29, 0.717) is 34.5 Å². The van der Waals surface area contributed by atoms with Crippen LogP contribution in [-0.4, -0.2) is 57.1 Å². The number of sulfonamides is 1. The van der Waals surface area contributed by atoms with Gasteiger partial charge in [-0.25, -0.2) is 8.42 Å². The number of amides is 2. The Morgan fingerprint density at radius 3 is 2.08 bits per heavy atom. The third-order valence-electron chi connectivity index (χ3n) is 7.71. The largest absolute Gasteiger partial charge is 0.494 e. The summed E-state index contributed by atoms with van der Waals surface area (Å²) < 4.78 is 35.3. The lowest BCUT2D eigenvalue weighted by Gasteiger charge is -2.34. The molecule has 4 rings (SSSR count). The highest BCUT2D eigenvalue weighted by atomic mass is 35.5. The van der Waals surface area contributed by atoms with Crippen molar-refractivity contribution < 1.29 is 22.7 Å². The number of benzene rings is 4. The number of thioether (sulfide) groups is 1. The van der Waals surface area contributed by atoms with Crippen molar-refractivity contribution >= 4 is 62.5 Å².